The number of carbonyl (C=O) groups excluding carboxylic acids is 2. The SMILES string of the molecule is Cc1ccc([C@H](C(=O)NCc2ccco2)N(Cc2ccccc2)C(=O)Cn2nnc3ccccc32)cc1. The molecule has 5 rings (SSSR count). The van der Waals surface area contributed by atoms with Crippen molar-refractivity contribution in [1.82, 2.24) is 25.2 Å². The number of amides is 2. The number of aryl methyl sites for hydroxylation is 1. The van der Waals surface area contributed by atoms with Crippen molar-refractivity contribution in [3.05, 3.63) is 120 Å². The van der Waals surface area contributed by atoms with Crippen LogP contribution in [0.3, 0.4) is 0 Å². The van der Waals surface area contributed by atoms with Gasteiger partial charge in [-0.1, -0.05) is 77.5 Å². The van der Waals surface area contributed by atoms with Gasteiger partial charge in [-0.05, 0) is 42.3 Å². The van der Waals surface area contributed by atoms with Crippen LogP contribution >= 0.6 is 0 Å². The Labute approximate surface area is 214 Å². The van der Waals surface area contributed by atoms with E-state index in [1.54, 1.807) is 28.0 Å². The van der Waals surface area contributed by atoms with E-state index in [4.69, 9.17) is 4.42 Å². The highest BCUT2D eigenvalue weighted by atomic mass is 16.3. The van der Waals surface area contributed by atoms with E-state index < -0.39 is 6.04 Å². The monoisotopic (exact) mass is 493 g/mol. The molecule has 0 saturated carbocycles. The van der Waals surface area contributed by atoms with E-state index in [1.807, 2.05) is 85.8 Å². The number of hydrogen-bond donors (Lipinski definition) is 1. The van der Waals surface area contributed by atoms with Crippen LogP contribution in [0.4, 0.5) is 0 Å². The topological polar surface area (TPSA) is 93.3 Å². The summed E-state index contributed by atoms with van der Waals surface area (Å²) in [5.74, 6) is 0.0808. The average molecular weight is 494 g/mol. The molecule has 0 saturated heterocycles. The molecule has 0 aliphatic heterocycles. The highest BCUT2D eigenvalue weighted by Crippen LogP contribution is 2.25. The van der Waals surface area contributed by atoms with Crippen molar-refractivity contribution in [1.29, 1.82) is 0 Å². The summed E-state index contributed by atoms with van der Waals surface area (Å²) in [6.07, 6.45) is 1.56. The smallest absolute Gasteiger partial charge is 0.247 e. The molecule has 8 nitrogen and oxygen atoms in total. The largest absolute Gasteiger partial charge is 0.467 e. The van der Waals surface area contributed by atoms with Gasteiger partial charge in [0.1, 0.15) is 23.9 Å². The van der Waals surface area contributed by atoms with Crippen LogP contribution in [0.5, 0.6) is 0 Å². The molecule has 3 aromatic carbocycles. The summed E-state index contributed by atoms with van der Waals surface area (Å²) in [5.41, 5.74) is 4.15. The van der Waals surface area contributed by atoms with Gasteiger partial charge in [-0.15, -0.1) is 5.10 Å². The summed E-state index contributed by atoms with van der Waals surface area (Å²) in [6.45, 7) is 2.40. The summed E-state index contributed by atoms with van der Waals surface area (Å²) in [4.78, 5) is 29.2. The fourth-order valence-corrected chi connectivity index (χ4v) is 4.26. The van der Waals surface area contributed by atoms with E-state index >= 15 is 0 Å². The zero-order chi connectivity index (χ0) is 25.6. The van der Waals surface area contributed by atoms with Crippen LogP contribution in [-0.4, -0.2) is 31.7 Å². The fourth-order valence-electron chi connectivity index (χ4n) is 4.26. The molecule has 1 atom stereocenters. The summed E-state index contributed by atoms with van der Waals surface area (Å²) >= 11 is 0. The Hall–Kier alpha value is -4.72. The molecule has 8 heteroatoms. The number of aromatic nitrogens is 3. The van der Waals surface area contributed by atoms with Crippen molar-refractivity contribution < 1.29 is 14.0 Å². The molecule has 5 aromatic rings. The molecule has 0 unspecified atom stereocenters. The van der Waals surface area contributed by atoms with Crippen LogP contribution in [-0.2, 0) is 29.2 Å². The maximum atomic E-state index is 13.9. The minimum Gasteiger partial charge on any atom is -0.467 e. The maximum absolute atomic E-state index is 13.9. The molecule has 1 N–H and O–H groups in total. The van der Waals surface area contributed by atoms with E-state index in [9.17, 15) is 9.59 Å². The Kier molecular flexibility index (Phi) is 7.07. The summed E-state index contributed by atoms with van der Waals surface area (Å²) < 4.78 is 6.96. The molecule has 0 fully saturated rings. The lowest BCUT2D eigenvalue weighted by molar-refractivity contribution is -0.142. The first kappa shape index (κ1) is 24.0. The summed E-state index contributed by atoms with van der Waals surface area (Å²) in [5, 5.41) is 11.3. The number of nitrogens with one attached hydrogen (secondary N) is 1. The zero-order valence-corrected chi connectivity index (χ0v) is 20.4. The lowest BCUT2D eigenvalue weighted by Gasteiger charge is -2.31. The minimum absolute atomic E-state index is 0.0544. The molecule has 2 aromatic heterocycles. The number of hydrogen-bond acceptors (Lipinski definition) is 5. The predicted molar refractivity (Wildman–Crippen MR) is 139 cm³/mol. The second kappa shape index (κ2) is 10.9. The number of rotatable bonds is 9. The predicted octanol–water partition coefficient (Wildman–Crippen LogP) is 4.42. The molecule has 2 amide bonds. The quantitative estimate of drug-likeness (QED) is 0.328. The van der Waals surface area contributed by atoms with Crippen LogP contribution in [0.1, 0.15) is 28.5 Å². The molecule has 37 heavy (non-hydrogen) atoms. The second-order valence-electron chi connectivity index (χ2n) is 8.85. The number of benzene rings is 3. The third kappa shape index (κ3) is 5.59. The van der Waals surface area contributed by atoms with Gasteiger partial charge >= 0.3 is 0 Å². The first-order valence-corrected chi connectivity index (χ1v) is 12.1. The molecule has 0 aliphatic carbocycles. The van der Waals surface area contributed by atoms with E-state index in [2.05, 4.69) is 15.6 Å². The Morgan fingerprint density at radius 1 is 0.946 bits per heavy atom. The van der Waals surface area contributed by atoms with Crippen LogP contribution < -0.4 is 5.32 Å². The molecule has 0 radical (unpaired) electrons. The number of carbonyl (C=O) groups is 2. The fraction of sp³-hybridized carbons (Fsp3) is 0.172. The highest BCUT2D eigenvalue weighted by Gasteiger charge is 2.32. The maximum Gasteiger partial charge on any atom is 0.247 e. The van der Waals surface area contributed by atoms with E-state index in [1.165, 1.54) is 0 Å². The molecular weight excluding hydrogens is 466 g/mol. The number of fused-ring (bicyclic) bond motifs is 1. The van der Waals surface area contributed by atoms with Crippen molar-refractivity contribution in [2.75, 3.05) is 0 Å². The van der Waals surface area contributed by atoms with Crippen LogP contribution in [0.15, 0.2) is 102 Å². The Balaban J connectivity index is 1.50. The Morgan fingerprint density at radius 3 is 2.46 bits per heavy atom. The molecule has 186 valence electrons. The van der Waals surface area contributed by atoms with Crippen LogP contribution in [0.2, 0.25) is 0 Å². The first-order valence-electron chi connectivity index (χ1n) is 12.1. The van der Waals surface area contributed by atoms with Gasteiger partial charge in [0, 0.05) is 6.54 Å². The third-order valence-electron chi connectivity index (χ3n) is 6.19. The molecule has 0 aliphatic rings. The zero-order valence-electron chi connectivity index (χ0n) is 20.4. The normalized spacial score (nSPS) is 11.8. The van der Waals surface area contributed by atoms with E-state index in [0.717, 1.165) is 22.2 Å². The van der Waals surface area contributed by atoms with Gasteiger partial charge in [-0.25, -0.2) is 4.68 Å². The Bertz CT molecular complexity index is 1480. The second-order valence-corrected chi connectivity index (χ2v) is 8.85. The van der Waals surface area contributed by atoms with Gasteiger partial charge in [-0.2, -0.15) is 0 Å². The van der Waals surface area contributed by atoms with Gasteiger partial charge in [0.15, 0.2) is 0 Å². The van der Waals surface area contributed by atoms with Crippen LogP contribution in [0, 0.1) is 6.92 Å². The molecule has 0 bridgehead atoms. The molecule has 0 spiro atoms. The minimum atomic E-state index is -0.863. The number of para-hydroxylation sites is 1. The van der Waals surface area contributed by atoms with Crippen molar-refractivity contribution in [2.24, 2.45) is 0 Å². The third-order valence-corrected chi connectivity index (χ3v) is 6.19. The number of furan rings is 1. The van der Waals surface area contributed by atoms with Gasteiger partial charge in [0.2, 0.25) is 11.8 Å². The van der Waals surface area contributed by atoms with Crippen molar-refractivity contribution in [3.8, 4) is 0 Å². The summed E-state index contributed by atoms with van der Waals surface area (Å²) in [7, 11) is 0. The van der Waals surface area contributed by atoms with Gasteiger partial charge in [0.25, 0.3) is 0 Å². The summed E-state index contributed by atoms with van der Waals surface area (Å²) in [6, 6.07) is 27.5. The van der Waals surface area contributed by atoms with E-state index in [0.29, 0.717) is 11.3 Å². The lowest BCUT2D eigenvalue weighted by Crippen LogP contribution is -2.44. The standard InChI is InChI=1S/C29H27N5O3/c1-21-13-15-23(16-14-21)28(29(36)30-18-24-10-7-17-37-24)33(19-22-8-3-2-4-9-22)27(35)20-34-26-12-6-5-11-25(26)31-32-34/h2-17,28H,18-20H2,1H3,(H,30,36)/t28-/m1/s1. The highest BCUT2D eigenvalue weighted by molar-refractivity contribution is 5.89. The van der Waals surface area contributed by atoms with Crippen molar-refractivity contribution in [2.45, 2.75) is 32.6 Å². The first-order chi connectivity index (χ1) is 18.1. The molecular formula is C29H27N5O3. The lowest BCUT2D eigenvalue weighted by atomic mass is 10.0. The van der Waals surface area contributed by atoms with Gasteiger partial charge in [-0.3, -0.25) is 9.59 Å². The van der Waals surface area contributed by atoms with Crippen molar-refractivity contribution in [3.63, 3.8) is 0 Å². The van der Waals surface area contributed by atoms with Crippen molar-refractivity contribution >= 4 is 22.8 Å². The average Bonchev–Trinajstić information content (AvgIpc) is 3.59. The van der Waals surface area contributed by atoms with Crippen LogP contribution in [0.25, 0.3) is 11.0 Å². The van der Waals surface area contributed by atoms with E-state index in [-0.39, 0.29) is 31.4 Å². The van der Waals surface area contributed by atoms with Gasteiger partial charge < -0.3 is 14.6 Å². The molecule has 2 heterocycles. The Morgan fingerprint density at radius 2 is 1.70 bits per heavy atom. The number of nitrogens with zero attached hydrogens (tertiary/aromatic N) is 4. The van der Waals surface area contributed by atoms with Gasteiger partial charge in [0.05, 0.1) is 18.3 Å².